The van der Waals surface area contributed by atoms with Crippen LogP contribution in [0.1, 0.15) is 31.4 Å². The number of nitrogens with zero attached hydrogens (tertiary/aromatic N) is 5. The Morgan fingerprint density at radius 3 is 2.38 bits per heavy atom. The Balaban J connectivity index is 0.00000106. The van der Waals surface area contributed by atoms with Crippen LogP contribution >= 0.6 is 11.6 Å². The molecule has 3 aromatic heterocycles. The normalized spacial score (nSPS) is 11.0. The van der Waals surface area contributed by atoms with Crippen molar-refractivity contribution in [1.29, 1.82) is 0 Å². The Kier molecular flexibility index (Phi) is 10.1. The predicted molar refractivity (Wildman–Crippen MR) is 143 cm³/mol. The van der Waals surface area contributed by atoms with E-state index < -0.39 is 23.2 Å². The van der Waals surface area contributed by atoms with E-state index in [0.29, 0.717) is 35.2 Å². The number of anilines is 2. The number of nitrogens with one attached hydrogen (secondary N) is 1. The summed E-state index contributed by atoms with van der Waals surface area (Å²) in [5, 5.41) is 11.0. The second-order valence-corrected chi connectivity index (χ2v) is 8.04. The lowest BCUT2D eigenvalue weighted by Gasteiger charge is -2.12. The Labute approximate surface area is 230 Å². The third kappa shape index (κ3) is 6.68. The first-order valence-electron chi connectivity index (χ1n) is 11.8. The van der Waals surface area contributed by atoms with Crippen molar-refractivity contribution in [1.82, 2.24) is 24.8 Å². The van der Waals surface area contributed by atoms with Crippen LogP contribution in [-0.2, 0) is 6.18 Å². The Morgan fingerprint density at radius 2 is 1.68 bits per heavy atom. The molecule has 0 radical (unpaired) electrons. The highest BCUT2D eigenvalue weighted by Gasteiger charge is 2.33. The largest absolute Gasteiger partial charge is 0.417 e. The zero-order valence-electron chi connectivity index (χ0n) is 21.4. The maximum absolute atomic E-state index is 13.3. The van der Waals surface area contributed by atoms with E-state index in [-0.39, 0.29) is 17.2 Å². The molecule has 6 nitrogen and oxygen atoms in total. The molecule has 2 aromatic carbocycles. The van der Waals surface area contributed by atoms with Crippen molar-refractivity contribution in [2.24, 2.45) is 0 Å². The molecule has 1 N–H and O–H groups in total. The van der Waals surface area contributed by atoms with Crippen LogP contribution in [-0.4, -0.2) is 32.0 Å². The van der Waals surface area contributed by atoms with Gasteiger partial charge in [0.2, 0.25) is 5.95 Å². The summed E-state index contributed by atoms with van der Waals surface area (Å²) < 4.78 is 77.2. The van der Waals surface area contributed by atoms with Gasteiger partial charge in [-0.1, -0.05) is 43.6 Å². The predicted octanol–water partition coefficient (Wildman–Crippen LogP) is 8.82. The number of halogens is 7. The number of alkyl halides is 6. The maximum atomic E-state index is 13.3. The van der Waals surface area contributed by atoms with E-state index in [4.69, 9.17) is 11.6 Å². The van der Waals surface area contributed by atoms with Gasteiger partial charge in [-0.3, -0.25) is 4.39 Å². The number of rotatable bonds is 5. The van der Waals surface area contributed by atoms with Crippen LogP contribution in [0, 0.1) is 0 Å². The van der Waals surface area contributed by atoms with Crippen molar-refractivity contribution >= 4 is 28.8 Å². The first kappa shape index (κ1) is 30.4. The number of hydrogen-bond acceptors (Lipinski definition) is 5. The van der Waals surface area contributed by atoms with Gasteiger partial charge in [0, 0.05) is 29.2 Å². The Bertz CT molecular complexity index is 1570. The standard InChI is InChI=1S/C24H14ClF5N6.C2H6.CH3F/c25-17-7-6-15(12-16(17)24(28,29)30)33-23-31-10-8-18(34-23)20-19-5-2-9-32-36(19)35-21(20)13-3-1-4-14(11-13)22(26)27;2*1-2/h1-12,22H,(H,31,33,34);1-2H3;1H3. The van der Waals surface area contributed by atoms with Crippen LogP contribution in [0.15, 0.2) is 73.1 Å². The van der Waals surface area contributed by atoms with Gasteiger partial charge in [0.05, 0.1) is 34.5 Å². The summed E-state index contributed by atoms with van der Waals surface area (Å²) in [5.41, 5.74) is 1.09. The number of fused-ring (bicyclic) bond motifs is 1. The quantitative estimate of drug-likeness (QED) is 0.210. The summed E-state index contributed by atoms with van der Waals surface area (Å²) in [6.07, 6.45) is -4.36. The average Bonchev–Trinajstić information content (AvgIpc) is 3.36. The van der Waals surface area contributed by atoms with Crippen molar-refractivity contribution in [3.8, 4) is 22.5 Å². The molecule has 40 heavy (non-hydrogen) atoms. The van der Waals surface area contributed by atoms with Gasteiger partial charge in [0.1, 0.15) is 5.69 Å². The molecule has 5 aromatic rings. The summed E-state index contributed by atoms with van der Waals surface area (Å²) in [5.74, 6) is 0.0125. The van der Waals surface area contributed by atoms with E-state index in [0.717, 1.165) is 12.1 Å². The minimum absolute atomic E-state index is 0.0125. The Hall–Kier alpha value is -4.19. The van der Waals surface area contributed by atoms with Crippen LogP contribution < -0.4 is 5.32 Å². The summed E-state index contributed by atoms with van der Waals surface area (Å²) >= 11 is 5.70. The molecule has 0 aliphatic carbocycles. The average molecular weight is 581 g/mol. The highest BCUT2D eigenvalue weighted by atomic mass is 35.5. The lowest BCUT2D eigenvalue weighted by atomic mass is 10.0. The monoisotopic (exact) mass is 580 g/mol. The first-order chi connectivity index (χ1) is 19.2. The van der Waals surface area contributed by atoms with E-state index in [1.165, 1.54) is 41.3 Å². The Morgan fingerprint density at radius 1 is 0.925 bits per heavy atom. The molecule has 0 spiro atoms. The van der Waals surface area contributed by atoms with Gasteiger partial charge in [-0.05, 0) is 42.5 Å². The molecule has 3 heterocycles. The third-order valence-corrected chi connectivity index (χ3v) is 5.60. The second kappa shape index (κ2) is 13.2. The van der Waals surface area contributed by atoms with Gasteiger partial charge in [0.15, 0.2) is 0 Å². The molecule has 0 fully saturated rings. The summed E-state index contributed by atoms with van der Waals surface area (Å²) in [4.78, 5) is 8.55. The first-order valence-corrected chi connectivity index (χ1v) is 12.2. The van der Waals surface area contributed by atoms with Crippen molar-refractivity contribution < 1.29 is 26.3 Å². The maximum Gasteiger partial charge on any atom is 0.417 e. The SMILES string of the molecule is CC.CF.FC(F)c1cccc(-c2nn3ncccc3c2-c2ccnc(Nc3ccc(Cl)c(C(F)(F)F)c3)n2)c1. The topological polar surface area (TPSA) is 68.0 Å². The molecule has 0 saturated heterocycles. The van der Waals surface area contributed by atoms with Gasteiger partial charge < -0.3 is 5.32 Å². The fraction of sp³-hybridized carbons (Fsp3) is 0.185. The molecule has 0 atom stereocenters. The third-order valence-electron chi connectivity index (χ3n) is 5.27. The fourth-order valence-corrected chi connectivity index (χ4v) is 3.90. The van der Waals surface area contributed by atoms with Gasteiger partial charge in [-0.15, -0.1) is 5.10 Å². The molecule has 0 unspecified atom stereocenters. The van der Waals surface area contributed by atoms with E-state index in [1.807, 2.05) is 13.8 Å². The minimum atomic E-state index is -4.64. The number of aromatic nitrogens is 5. The number of hydrogen-bond donors (Lipinski definition) is 1. The van der Waals surface area contributed by atoms with E-state index in [2.05, 4.69) is 25.5 Å². The molecule has 5 rings (SSSR count). The summed E-state index contributed by atoms with van der Waals surface area (Å²) in [6.45, 7) is 4.00. The van der Waals surface area contributed by atoms with Crippen LogP contribution in [0.2, 0.25) is 5.02 Å². The molecule has 0 amide bonds. The highest BCUT2D eigenvalue weighted by molar-refractivity contribution is 6.31. The smallest absolute Gasteiger partial charge is 0.324 e. The van der Waals surface area contributed by atoms with Crippen LogP contribution in [0.4, 0.5) is 38.0 Å². The van der Waals surface area contributed by atoms with Gasteiger partial charge in [-0.2, -0.15) is 22.9 Å². The molecule has 13 heteroatoms. The van der Waals surface area contributed by atoms with Crippen LogP contribution in [0.25, 0.3) is 28.0 Å². The lowest BCUT2D eigenvalue weighted by molar-refractivity contribution is -0.137. The molecular formula is C27H23ClF6N6. The number of benzene rings is 2. The highest BCUT2D eigenvalue weighted by Crippen LogP contribution is 2.38. The second-order valence-electron chi connectivity index (χ2n) is 7.63. The zero-order valence-corrected chi connectivity index (χ0v) is 22.1. The molecule has 0 bridgehead atoms. The fourth-order valence-electron chi connectivity index (χ4n) is 3.68. The van der Waals surface area contributed by atoms with Crippen LogP contribution in [0.3, 0.4) is 0 Å². The van der Waals surface area contributed by atoms with Crippen molar-refractivity contribution in [2.45, 2.75) is 26.4 Å². The molecule has 0 aliphatic heterocycles. The minimum Gasteiger partial charge on any atom is -0.324 e. The van der Waals surface area contributed by atoms with Crippen LogP contribution in [0.5, 0.6) is 0 Å². The molecule has 210 valence electrons. The van der Waals surface area contributed by atoms with E-state index in [1.54, 1.807) is 24.3 Å². The lowest BCUT2D eigenvalue weighted by Crippen LogP contribution is -2.07. The van der Waals surface area contributed by atoms with Crippen molar-refractivity contribution in [3.05, 3.63) is 89.2 Å². The van der Waals surface area contributed by atoms with E-state index in [9.17, 15) is 26.3 Å². The molecular weight excluding hydrogens is 558 g/mol. The van der Waals surface area contributed by atoms with Crippen molar-refractivity contribution in [2.75, 3.05) is 12.5 Å². The summed E-state index contributed by atoms with van der Waals surface area (Å²) in [7, 11) is 0.500. The van der Waals surface area contributed by atoms with Gasteiger partial charge in [0.25, 0.3) is 6.43 Å². The molecule has 0 saturated carbocycles. The zero-order chi connectivity index (χ0) is 29.4. The van der Waals surface area contributed by atoms with E-state index >= 15 is 0 Å². The molecule has 0 aliphatic rings. The van der Waals surface area contributed by atoms with Crippen molar-refractivity contribution in [3.63, 3.8) is 0 Å². The summed E-state index contributed by atoms with van der Waals surface area (Å²) in [6, 6.07) is 14.2. The van der Waals surface area contributed by atoms with Gasteiger partial charge >= 0.3 is 6.18 Å². The van der Waals surface area contributed by atoms with Gasteiger partial charge in [-0.25, -0.2) is 18.7 Å².